The van der Waals surface area contributed by atoms with Crippen LogP contribution in [-0.2, 0) is 21.4 Å². The van der Waals surface area contributed by atoms with E-state index in [-0.39, 0.29) is 29.1 Å². The van der Waals surface area contributed by atoms with Crippen LogP contribution in [0.15, 0.2) is 53.9 Å². The van der Waals surface area contributed by atoms with Crippen LogP contribution in [0.1, 0.15) is 67.0 Å². The second-order valence-corrected chi connectivity index (χ2v) is 11.9. The van der Waals surface area contributed by atoms with Crippen molar-refractivity contribution in [3.05, 3.63) is 77.4 Å². The van der Waals surface area contributed by atoms with E-state index < -0.39 is 27.8 Å². The van der Waals surface area contributed by atoms with E-state index in [1.807, 2.05) is 6.07 Å². The zero-order chi connectivity index (χ0) is 27.6. The summed E-state index contributed by atoms with van der Waals surface area (Å²) in [7, 11) is -4.22. The molecule has 1 aliphatic carbocycles. The number of hydrogen-bond acceptors (Lipinski definition) is 7. The summed E-state index contributed by atoms with van der Waals surface area (Å²) >= 11 is 0. The summed E-state index contributed by atoms with van der Waals surface area (Å²) in [5, 5.41) is 9.31. The Bertz CT molecular complexity index is 1500. The van der Waals surface area contributed by atoms with Gasteiger partial charge in [-0.15, -0.1) is 0 Å². The predicted molar refractivity (Wildman–Crippen MR) is 141 cm³/mol. The van der Waals surface area contributed by atoms with Crippen molar-refractivity contribution >= 4 is 21.6 Å². The van der Waals surface area contributed by atoms with Crippen LogP contribution in [0, 0.1) is 24.1 Å². The Balaban J connectivity index is 1.40. The van der Waals surface area contributed by atoms with Gasteiger partial charge in [-0.1, -0.05) is 19.3 Å². The van der Waals surface area contributed by atoms with E-state index in [0.717, 1.165) is 35.0 Å². The molecule has 1 aliphatic heterocycles. The third-order valence-corrected chi connectivity index (χ3v) is 9.48. The molecule has 2 fully saturated rings. The molecule has 2 aliphatic rings. The summed E-state index contributed by atoms with van der Waals surface area (Å²) in [5.74, 6) is -0.828. The summed E-state index contributed by atoms with van der Waals surface area (Å²) in [4.78, 5) is 28.2. The number of benzene rings is 1. The average molecular weight is 549 g/mol. The first-order chi connectivity index (χ1) is 18.8. The highest BCUT2D eigenvalue weighted by atomic mass is 32.2. The summed E-state index contributed by atoms with van der Waals surface area (Å²) in [6, 6.07) is 6.31. The van der Waals surface area contributed by atoms with Crippen LogP contribution in [0.4, 0.5) is 10.1 Å². The first-order valence-corrected chi connectivity index (χ1v) is 14.5. The fourth-order valence-corrected chi connectivity index (χ4v) is 6.83. The van der Waals surface area contributed by atoms with E-state index >= 15 is 0 Å². The lowest BCUT2D eigenvalue weighted by molar-refractivity contribution is -0.125. The van der Waals surface area contributed by atoms with E-state index in [0.29, 0.717) is 23.7 Å². The minimum Gasteiger partial charge on any atom is -0.303 e. The molecule has 0 unspecified atom stereocenters. The van der Waals surface area contributed by atoms with Crippen LogP contribution in [0.2, 0.25) is 0 Å². The molecule has 0 spiro atoms. The number of anilines is 1. The Kier molecular flexibility index (Phi) is 7.68. The van der Waals surface area contributed by atoms with Crippen molar-refractivity contribution in [3.8, 4) is 6.07 Å². The maximum atomic E-state index is 14.4. The quantitative estimate of drug-likeness (QED) is 0.433. The Morgan fingerprint density at radius 2 is 1.95 bits per heavy atom. The number of amides is 1. The summed E-state index contributed by atoms with van der Waals surface area (Å²) in [6.07, 6.45) is 12.7. The normalized spacial score (nSPS) is 18.2. The predicted octanol–water partition coefficient (Wildman–Crippen LogP) is 4.23. The van der Waals surface area contributed by atoms with Gasteiger partial charge in [0.15, 0.2) is 0 Å². The molecular formula is C28H29FN6O3S. The number of sulfonamides is 1. The van der Waals surface area contributed by atoms with Crippen LogP contribution in [0.25, 0.3) is 0 Å². The Morgan fingerprint density at radius 1 is 1.15 bits per heavy atom. The maximum Gasteiger partial charge on any atom is 0.245 e. The van der Waals surface area contributed by atoms with Gasteiger partial charge in [-0.05, 0) is 50.5 Å². The number of halogens is 1. The molecule has 1 aromatic carbocycles. The molecule has 39 heavy (non-hydrogen) atoms. The molecular weight excluding hydrogens is 519 g/mol. The van der Waals surface area contributed by atoms with E-state index in [9.17, 15) is 22.9 Å². The number of rotatable bonds is 7. The topological polar surface area (TPSA) is 120 Å². The molecule has 202 valence electrons. The van der Waals surface area contributed by atoms with Crippen LogP contribution in [-0.4, -0.2) is 46.2 Å². The van der Waals surface area contributed by atoms with Gasteiger partial charge in [-0.3, -0.25) is 19.7 Å². The van der Waals surface area contributed by atoms with Crippen molar-refractivity contribution in [2.24, 2.45) is 0 Å². The van der Waals surface area contributed by atoms with E-state index in [4.69, 9.17) is 0 Å². The molecule has 9 nitrogen and oxygen atoms in total. The van der Waals surface area contributed by atoms with Crippen LogP contribution >= 0.6 is 0 Å². The lowest BCUT2D eigenvalue weighted by Gasteiger charge is -2.40. The minimum atomic E-state index is -4.22. The third-order valence-electron chi connectivity index (χ3n) is 7.59. The fourth-order valence-electron chi connectivity index (χ4n) is 5.16. The molecule has 1 atom stereocenters. The zero-order valence-corrected chi connectivity index (χ0v) is 22.4. The number of pyridine rings is 1. The molecule has 1 saturated carbocycles. The SMILES string of the molecule is Cc1c(F)cc(S(=O)(=O)N2CC[C@@H]2C(=O)N(Cc2cnc(C3CCCCC3)cn2)c2cccnc2)cc1C#N. The van der Waals surface area contributed by atoms with Gasteiger partial charge in [0.05, 0.1) is 52.5 Å². The summed E-state index contributed by atoms with van der Waals surface area (Å²) < 4.78 is 42.3. The number of carbonyl (C=O) groups is 1. The highest BCUT2D eigenvalue weighted by Crippen LogP contribution is 2.33. The van der Waals surface area contributed by atoms with E-state index in [1.54, 1.807) is 30.7 Å². The molecule has 3 heterocycles. The summed E-state index contributed by atoms with van der Waals surface area (Å²) in [6.45, 7) is 1.61. The highest BCUT2D eigenvalue weighted by Gasteiger charge is 2.45. The number of nitrogens with zero attached hydrogens (tertiary/aromatic N) is 6. The first-order valence-electron chi connectivity index (χ1n) is 13.0. The average Bonchev–Trinajstić information content (AvgIpc) is 2.93. The van der Waals surface area contributed by atoms with Crippen molar-refractivity contribution in [1.29, 1.82) is 5.26 Å². The molecule has 1 amide bonds. The van der Waals surface area contributed by atoms with E-state index in [1.165, 1.54) is 37.3 Å². The first kappa shape index (κ1) is 26.8. The molecule has 0 radical (unpaired) electrons. The van der Waals surface area contributed by atoms with Crippen LogP contribution in [0.3, 0.4) is 0 Å². The van der Waals surface area contributed by atoms with Gasteiger partial charge in [0.1, 0.15) is 11.9 Å². The lowest BCUT2D eigenvalue weighted by atomic mass is 9.87. The monoisotopic (exact) mass is 548 g/mol. The Labute approximate surface area is 227 Å². The van der Waals surface area contributed by atoms with Gasteiger partial charge in [-0.2, -0.15) is 9.57 Å². The fraction of sp³-hybridized carbons (Fsp3) is 0.393. The molecule has 0 N–H and O–H groups in total. The molecule has 11 heteroatoms. The van der Waals surface area contributed by atoms with Crippen molar-refractivity contribution in [2.75, 3.05) is 11.4 Å². The van der Waals surface area contributed by atoms with Crippen molar-refractivity contribution in [1.82, 2.24) is 19.3 Å². The number of nitriles is 1. The number of aromatic nitrogens is 3. The maximum absolute atomic E-state index is 14.4. The van der Waals surface area contributed by atoms with Crippen LogP contribution in [0.5, 0.6) is 0 Å². The largest absolute Gasteiger partial charge is 0.303 e. The van der Waals surface area contributed by atoms with Gasteiger partial charge in [-0.25, -0.2) is 12.8 Å². The second-order valence-electron chi connectivity index (χ2n) is 10.0. The van der Waals surface area contributed by atoms with Gasteiger partial charge < -0.3 is 4.90 Å². The van der Waals surface area contributed by atoms with Gasteiger partial charge in [0.2, 0.25) is 15.9 Å². The molecule has 3 aromatic rings. The smallest absolute Gasteiger partial charge is 0.245 e. The Morgan fingerprint density at radius 3 is 2.56 bits per heavy atom. The zero-order valence-electron chi connectivity index (χ0n) is 21.6. The molecule has 1 saturated heterocycles. The minimum absolute atomic E-state index is 0.0655. The van der Waals surface area contributed by atoms with Gasteiger partial charge >= 0.3 is 0 Å². The van der Waals surface area contributed by atoms with Crippen molar-refractivity contribution < 1.29 is 17.6 Å². The van der Waals surface area contributed by atoms with Gasteiger partial charge in [0.25, 0.3) is 0 Å². The molecule has 2 aromatic heterocycles. The molecule has 0 bridgehead atoms. The lowest BCUT2D eigenvalue weighted by Crippen LogP contribution is -2.59. The molecule has 5 rings (SSSR count). The Hall–Kier alpha value is -3.75. The highest BCUT2D eigenvalue weighted by molar-refractivity contribution is 7.89. The van der Waals surface area contributed by atoms with Crippen molar-refractivity contribution in [3.63, 3.8) is 0 Å². The summed E-state index contributed by atoms with van der Waals surface area (Å²) in [5.41, 5.74) is 2.03. The van der Waals surface area contributed by atoms with Crippen molar-refractivity contribution in [2.45, 2.75) is 68.8 Å². The standard InChI is InChI=1S/C28H29FN6O3S/c1-19-21(14-30)12-24(13-25(19)29)39(37,38)35-11-9-27(35)28(36)34(23-8-5-10-31-16-23)18-22-15-33-26(17-32-22)20-6-3-2-4-7-20/h5,8,10,12-13,15-17,20,27H,2-4,6-7,9,11,18H2,1H3/t27-/m1/s1. The van der Waals surface area contributed by atoms with E-state index in [2.05, 4.69) is 15.0 Å². The number of hydrogen-bond donors (Lipinski definition) is 0. The van der Waals surface area contributed by atoms with Crippen LogP contribution < -0.4 is 4.90 Å². The third kappa shape index (κ3) is 5.40. The number of carbonyl (C=O) groups excluding carboxylic acids is 1. The second kappa shape index (κ2) is 11.2. The van der Waals surface area contributed by atoms with Gasteiger partial charge in [0, 0.05) is 30.4 Å².